The quantitative estimate of drug-likeness (QED) is 0.831. The lowest BCUT2D eigenvalue weighted by atomic mass is 10.1. The van der Waals surface area contributed by atoms with Crippen LogP contribution in [0, 0.1) is 18.3 Å². The number of hydrogen-bond donors (Lipinski definition) is 0. The predicted molar refractivity (Wildman–Crippen MR) is 78.8 cm³/mol. The van der Waals surface area contributed by atoms with E-state index in [0.717, 1.165) is 30.9 Å². The number of hydrogen-bond acceptors (Lipinski definition) is 5. The fraction of sp³-hybridized carbons (Fsp3) is 0.600. The van der Waals surface area contributed by atoms with Crippen molar-refractivity contribution in [2.75, 3.05) is 39.2 Å². The van der Waals surface area contributed by atoms with Crippen molar-refractivity contribution in [3.05, 3.63) is 23.4 Å². The molecular formula is C15H22N4O. The van der Waals surface area contributed by atoms with E-state index in [1.54, 1.807) is 13.3 Å². The van der Waals surface area contributed by atoms with E-state index in [1.165, 1.54) is 0 Å². The van der Waals surface area contributed by atoms with Crippen LogP contribution in [0.1, 0.15) is 17.5 Å². The van der Waals surface area contributed by atoms with E-state index in [-0.39, 0.29) is 0 Å². The van der Waals surface area contributed by atoms with Crippen LogP contribution < -0.4 is 4.90 Å². The van der Waals surface area contributed by atoms with Gasteiger partial charge in [-0.2, -0.15) is 5.26 Å². The lowest BCUT2D eigenvalue weighted by Crippen LogP contribution is -2.37. The predicted octanol–water partition coefficient (Wildman–Crippen LogP) is 1.42. The van der Waals surface area contributed by atoms with Crippen LogP contribution in [0.4, 0.5) is 5.82 Å². The maximum atomic E-state index is 9.29. The SMILES string of the molecule is CO[C@H]1C[C@@H](CN(C)c2nccc(C)c2C#N)N(C)C1. The molecule has 1 aliphatic heterocycles. The van der Waals surface area contributed by atoms with Gasteiger partial charge in [0.2, 0.25) is 0 Å². The van der Waals surface area contributed by atoms with Gasteiger partial charge in [-0.15, -0.1) is 0 Å². The minimum absolute atomic E-state index is 0.305. The zero-order valence-corrected chi connectivity index (χ0v) is 12.6. The molecule has 0 spiro atoms. The van der Waals surface area contributed by atoms with Gasteiger partial charge in [-0.1, -0.05) is 0 Å². The van der Waals surface area contributed by atoms with Gasteiger partial charge < -0.3 is 9.64 Å². The zero-order valence-electron chi connectivity index (χ0n) is 12.6. The summed E-state index contributed by atoms with van der Waals surface area (Å²) in [6.45, 7) is 3.75. The van der Waals surface area contributed by atoms with Crippen molar-refractivity contribution in [3.63, 3.8) is 0 Å². The van der Waals surface area contributed by atoms with Gasteiger partial charge >= 0.3 is 0 Å². The fourth-order valence-corrected chi connectivity index (χ4v) is 2.79. The summed E-state index contributed by atoms with van der Waals surface area (Å²) in [6, 6.07) is 4.56. The largest absolute Gasteiger partial charge is 0.380 e. The summed E-state index contributed by atoms with van der Waals surface area (Å²) in [7, 11) is 5.88. The summed E-state index contributed by atoms with van der Waals surface area (Å²) in [5.74, 6) is 0.766. The maximum absolute atomic E-state index is 9.29. The Kier molecular flexibility index (Phi) is 4.58. The minimum Gasteiger partial charge on any atom is -0.380 e. The van der Waals surface area contributed by atoms with Crippen molar-refractivity contribution in [2.45, 2.75) is 25.5 Å². The number of pyridine rings is 1. The Morgan fingerprint density at radius 1 is 1.60 bits per heavy atom. The molecule has 108 valence electrons. The van der Waals surface area contributed by atoms with Crippen molar-refractivity contribution in [1.29, 1.82) is 5.26 Å². The van der Waals surface area contributed by atoms with Gasteiger partial charge in [0, 0.05) is 39.5 Å². The molecule has 1 saturated heterocycles. The third kappa shape index (κ3) is 2.92. The molecular weight excluding hydrogens is 252 g/mol. The number of rotatable bonds is 4. The van der Waals surface area contributed by atoms with Crippen LogP contribution in [0.15, 0.2) is 12.3 Å². The number of aromatic nitrogens is 1. The van der Waals surface area contributed by atoms with E-state index in [4.69, 9.17) is 4.74 Å². The Hall–Kier alpha value is -1.64. The molecule has 1 aromatic rings. The summed E-state index contributed by atoms with van der Waals surface area (Å²) < 4.78 is 5.43. The van der Waals surface area contributed by atoms with Crippen molar-refractivity contribution in [2.24, 2.45) is 0 Å². The Bertz CT molecular complexity index is 511. The van der Waals surface area contributed by atoms with E-state index >= 15 is 0 Å². The van der Waals surface area contributed by atoms with E-state index in [1.807, 2.05) is 20.0 Å². The van der Waals surface area contributed by atoms with E-state index in [0.29, 0.717) is 17.7 Å². The molecule has 2 rings (SSSR count). The molecule has 0 aliphatic carbocycles. The summed E-state index contributed by atoms with van der Waals surface area (Å²) in [5, 5.41) is 9.29. The topological polar surface area (TPSA) is 52.4 Å². The molecule has 5 heteroatoms. The van der Waals surface area contributed by atoms with Crippen molar-refractivity contribution in [1.82, 2.24) is 9.88 Å². The molecule has 1 aliphatic rings. The summed E-state index contributed by atoms with van der Waals surface area (Å²) in [4.78, 5) is 8.76. The summed E-state index contributed by atoms with van der Waals surface area (Å²) in [6.07, 6.45) is 3.09. The Morgan fingerprint density at radius 2 is 2.35 bits per heavy atom. The first-order valence-electron chi connectivity index (χ1n) is 6.86. The molecule has 0 bridgehead atoms. The van der Waals surface area contributed by atoms with Crippen LogP contribution in [-0.4, -0.2) is 56.3 Å². The van der Waals surface area contributed by atoms with Crippen LogP contribution in [0.3, 0.4) is 0 Å². The number of aryl methyl sites for hydroxylation is 1. The molecule has 2 heterocycles. The first-order chi connectivity index (χ1) is 9.56. The molecule has 0 saturated carbocycles. The van der Waals surface area contributed by atoms with Crippen molar-refractivity contribution in [3.8, 4) is 6.07 Å². The first-order valence-corrected chi connectivity index (χ1v) is 6.86. The number of nitrogens with zero attached hydrogens (tertiary/aromatic N) is 4. The molecule has 20 heavy (non-hydrogen) atoms. The Balaban J connectivity index is 2.11. The number of likely N-dealkylation sites (tertiary alicyclic amines) is 1. The molecule has 1 fully saturated rings. The van der Waals surface area contributed by atoms with Gasteiger partial charge in [-0.3, -0.25) is 4.90 Å². The van der Waals surface area contributed by atoms with Gasteiger partial charge in [0.25, 0.3) is 0 Å². The number of methoxy groups -OCH3 is 1. The Morgan fingerprint density at radius 3 is 2.95 bits per heavy atom. The van der Waals surface area contributed by atoms with Crippen LogP contribution in [0.5, 0.6) is 0 Å². The van der Waals surface area contributed by atoms with Gasteiger partial charge in [-0.25, -0.2) is 4.98 Å². The van der Waals surface area contributed by atoms with Crippen LogP contribution in [-0.2, 0) is 4.74 Å². The molecule has 2 atom stereocenters. The van der Waals surface area contributed by atoms with Crippen LogP contribution in [0.2, 0.25) is 0 Å². The van der Waals surface area contributed by atoms with Crippen molar-refractivity contribution >= 4 is 5.82 Å². The number of ether oxygens (including phenoxy) is 1. The molecule has 5 nitrogen and oxygen atoms in total. The number of likely N-dealkylation sites (N-methyl/N-ethyl adjacent to an activating group) is 2. The minimum atomic E-state index is 0.305. The second-order valence-corrected chi connectivity index (χ2v) is 5.51. The average molecular weight is 274 g/mol. The summed E-state index contributed by atoms with van der Waals surface area (Å²) in [5.41, 5.74) is 1.64. The van der Waals surface area contributed by atoms with Gasteiger partial charge in [0.15, 0.2) is 0 Å². The highest BCUT2D eigenvalue weighted by molar-refractivity contribution is 5.56. The molecule has 1 aromatic heterocycles. The third-order valence-electron chi connectivity index (χ3n) is 4.08. The second kappa shape index (κ2) is 6.21. The van der Waals surface area contributed by atoms with E-state index in [9.17, 15) is 5.26 Å². The Labute approximate surface area is 120 Å². The number of anilines is 1. The average Bonchev–Trinajstić information content (AvgIpc) is 2.79. The maximum Gasteiger partial charge on any atom is 0.146 e. The highest BCUT2D eigenvalue weighted by Crippen LogP contribution is 2.23. The summed E-state index contributed by atoms with van der Waals surface area (Å²) >= 11 is 0. The molecule has 0 amide bonds. The first kappa shape index (κ1) is 14.8. The molecule has 0 radical (unpaired) electrons. The lowest BCUT2D eigenvalue weighted by molar-refractivity contribution is 0.111. The normalized spacial score (nSPS) is 22.8. The smallest absolute Gasteiger partial charge is 0.146 e. The van der Waals surface area contributed by atoms with Gasteiger partial charge in [-0.05, 0) is 32.0 Å². The van der Waals surface area contributed by atoms with E-state index < -0.39 is 0 Å². The van der Waals surface area contributed by atoms with Crippen LogP contribution >= 0.6 is 0 Å². The molecule has 0 unspecified atom stereocenters. The monoisotopic (exact) mass is 274 g/mol. The van der Waals surface area contributed by atoms with E-state index in [2.05, 4.69) is 27.9 Å². The number of nitriles is 1. The van der Waals surface area contributed by atoms with Gasteiger partial charge in [0.05, 0.1) is 11.7 Å². The third-order valence-corrected chi connectivity index (χ3v) is 4.08. The molecule has 0 aromatic carbocycles. The van der Waals surface area contributed by atoms with Crippen LogP contribution in [0.25, 0.3) is 0 Å². The zero-order chi connectivity index (χ0) is 14.7. The highest BCUT2D eigenvalue weighted by Gasteiger charge is 2.30. The van der Waals surface area contributed by atoms with Gasteiger partial charge in [0.1, 0.15) is 11.9 Å². The standard InChI is InChI=1S/C15H22N4O/c1-11-5-6-17-15(14(11)8-16)19(3)9-12-7-13(20-4)10-18(12)2/h5-6,12-13H,7,9-10H2,1-4H3/t12-,13-/m0/s1. The highest BCUT2D eigenvalue weighted by atomic mass is 16.5. The second-order valence-electron chi connectivity index (χ2n) is 5.51. The lowest BCUT2D eigenvalue weighted by Gasteiger charge is -2.27. The fourth-order valence-electron chi connectivity index (χ4n) is 2.79. The molecule has 0 N–H and O–H groups in total. The van der Waals surface area contributed by atoms with Crippen molar-refractivity contribution < 1.29 is 4.74 Å².